The summed E-state index contributed by atoms with van der Waals surface area (Å²) in [5, 5.41) is 3.66. The fourth-order valence-electron chi connectivity index (χ4n) is 2.26. The first-order valence-electron chi connectivity index (χ1n) is 5.91. The molecule has 0 amide bonds. The third kappa shape index (κ3) is 2.29. The molecule has 1 rings (SSSR count). The predicted molar refractivity (Wildman–Crippen MR) is 62.6 cm³/mol. The van der Waals surface area contributed by atoms with Gasteiger partial charge in [-0.1, -0.05) is 13.3 Å². The topological polar surface area (TPSA) is 15.3 Å². The molecule has 14 heavy (non-hydrogen) atoms. The van der Waals surface area contributed by atoms with E-state index in [1.807, 2.05) is 0 Å². The third-order valence-corrected chi connectivity index (χ3v) is 3.96. The zero-order chi connectivity index (χ0) is 10.8. The van der Waals surface area contributed by atoms with Gasteiger partial charge in [0.2, 0.25) is 0 Å². The molecule has 0 aromatic heterocycles. The summed E-state index contributed by atoms with van der Waals surface area (Å²) in [4.78, 5) is 2.35. The van der Waals surface area contributed by atoms with Gasteiger partial charge < -0.3 is 10.2 Å². The molecule has 0 saturated heterocycles. The first-order valence-corrected chi connectivity index (χ1v) is 5.91. The number of likely N-dealkylation sites (N-methyl/N-ethyl adjacent to an activating group) is 2. The average molecular weight is 198 g/mol. The van der Waals surface area contributed by atoms with E-state index in [-0.39, 0.29) is 5.54 Å². The van der Waals surface area contributed by atoms with Crippen molar-refractivity contribution in [3.05, 3.63) is 0 Å². The normalized spacial score (nSPS) is 21.0. The molecular formula is C12H26N2. The second-order valence-electron chi connectivity index (χ2n) is 5.27. The van der Waals surface area contributed by atoms with Gasteiger partial charge in [-0.2, -0.15) is 0 Å². The molecule has 1 saturated carbocycles. The van der Waals surface area contributed by atoms with Crippen molar-refractivity contribution in [2.75, 3.05) is 20.6 Å². The number of hydrogen-bond acceptors (Lipinski definition) is 2. The van der Waals surface area contributed by atoms with E-state index in [0.717, 1.165) is 12.5 Å². The minimum atomic E-state index is 0.265. The van der Waals surface area contributed by atoms with Crippen LogP contribution in [-0.4, -0.2) is 37.1 Å². The number of rotatable bonds is 5. The monoisotopic (exact) mass is 198 g/mol. The van der Waals surface area contributed by atoms with Crippen LogP contribution in [0.15, 0.2) is 0 Å². The van der Waals surface area contributed by atoms with Crippen LogP contribution in [-0.2, 0) is 0 Å². The second-order valence-corrected chi connectivity index (χ2v) is 5.27. The molecule has 1 aliphatic carbocycles. The van der Waals surface area contributed by atoms with E-state index in [9.17, 15) is 0 Å². The van der Waals surface area contributed by atoms with Gasteiger partial charge in [-0.3, -0.25) is 0 Å². The van der Waals surface area contributed by atoms with Gasteiger partial charge in [0.1, 0.15) is 0 Å². The van der Waals surface area contributed by atoms with Crippen LogP contribution >= 0.6 is 0 Å². The Kier molecular flexibility index (Phi) is 3.96. The molecule has 2 nitrogen and oxygen atoms in total. The highest BCUT2D eigenvalue weighted by Gasteiger charge is 2.38. The van der Waals surface area contributed by atoms with Crippen molar-refractivity contribution in [2.45, 2.75) is 51.6 Å². The molecule has 0 aromatic rings. The molecule has 84 valence electrons. The van der Waals surface area contributed by atoms with Crippen LogP contribution < -0.4 is 5.32 Å². The molecule has 1 fully saturated rings. The average Bonchev–Trinajstić information content (AvgIpc) is 2.00. The van der Waals surface area contributed by atoms with Crippen LogP contribution in [0.3, 0.4) is 0 Å². The van der Waals surface area contributed by atoms with Gasteiger partial charge in [-0.25, -0.2) is 0 Å². The molecule has 1 unspecified atom stereocenters. The summed E-state index contributed by atoms with van der Waals surface area (Å²) in [6.45, 7) is 7.98. The van der Waals surface area contributed by atoms with Gasteiger partial charge in [0.15, 0.2) is 0 Å². The van der Waals surface area contributed by atoms with E-state index in [0.29, 0.717) is 6.04 Å². The quantitative estimate of drug-likeness (QED) is 0.728. The maximum Gasteiger partial charge on any atom is 0.0302 e. The highest BCUT2D eigenvalue weighted by Crippen LogP contribution is 2.35. The van der Waals surface area contributed by atoms with Gasteiger partial charge in [-0.05, 0) is 53.2 Å². The molecular weight excluding hydrogens is 172 g/mol. The lowest BCUT2D eigenvalue weighted by molar-refractivity contribution is 0.0726. The summed E-state index contributed by atoms with van der Waals surface area (Å²) in [6.07, 6.45) is 4.25. The van der Waals surface area contributed by atoms with Gasteiger partial charge in [0.05, 0.1) is 0 Å². The standard InChI is InChI=1S/C12H26N2/c1-6-13-11(10-8-7-9-10)12(2,3)14(4)5/h10-11,13H,6-9H2,1-5H3. The van der Waals surface area contributed by atoms with Crippen molar-refractivity contribution in [3.8, 4) is 0 Å². The van der Waals surface area contributed by atoms with Gasteiger partial charge in [-0.15, -0.1) is 0 Å². The first-order chi connectivity index (χ1) is 6.50. The molecule has 1 N–H and O–H groups in total. The molecule has 2 heteroatoms. The Morgan fingerprint density at radius 2 is 1.93 bits per heavy atom. The molecule has 1 atom stereocenters. The maximum atomic E-state index is 3.66. The van der Waals surface area contributed by atoms with Crippen LogP contribution in [0.2, 0.25) is 0 Å². The van der Waals surface area contributed by atoms with Crippen molar-refractivity contribution < 1.29 is 0 Å². The summed E-state index contributed by atoms with van der Waals surface area (Å²) >= 11 is 0. The number of nitrogens with zero attached hydrogens (tertiary/aromatic N) is 1. The Hall–Kier alpha value is -0.0800. The summed E-state index contributed by atoms with van der Waals surface area (Å²) < 4.78 is 0. The van der Waals surface area contributed by atoms with Crippen molar-refractivity contribution in [3.63, 3.8) is 0 Å². The van der Waals surface area contributed by atoms with Crippen LogP contribution in [0.1, 0.15) is 40.0 Å². The smallest absolute Gasteiger partial charge is 0.0302 e. The minimum absolute atomic E-state index is 0.265. The summed E-state index contributed by atoms with van der Waals surface area (Å²) in [6, 6.07) is 0.649. The van der Waals surface area contributed by atoms with Gasteiger partial charge >= 0.3 is 0 Å². The van der Waals surface area contributed by atoms with Crippen LogP contribution in [0.5, 0.6) is 0 Å². The first kappa shape index (κ1) is 12.0. The SMILES string of the molecule is CCNC(C1CCC1)C(C)(C)N(C)C. The van der Waals surface area contributed by atoms with Crippen LogP contribution in [0.4, 0.5) is 0 Å². The fourth-order valence-corrected chi connectivity index (χ4v) is 2.26. The lowest BCUT2D eigenvalue weighted by atomic mass is 9.72. The minimum Gasteiger partial charge on any atom is -0.312 e. The lowest BCUT2D eigenvalue weighted by Crippen LogP contribution is -2.59. The highest BCUT2D eigenvalue weighted by atomic mass is 15.2. The largest absolute Gasteiger partial charge is 0.312 e. The summed E-state index contributed by atoms with van der Waals surface area (Å²) in [7, 11) is 4.37. The van der Waals surface area contributed by atoms with Crippen molar-refractivity contribution in [2.24, 2.45) is 5.92 Å². The Morgan fingerprint density at radius 1 is 1.36 bits per heavy atom. The van der Waals surface area contributed by atoms with Gasteiger partial charge in [0.25, 0.3) is 0 Å². The summed E-state index contributed by atoms with van der Waals surface area (Å²) in [5.74, 6) is 0.896. The molecule has 0 aromatic carbocycles. The van der Waals surface area contributed by atoms with Gasteiger partial charge in [0, 0.05) is 11.6 Å². The summed E-state index contributed by atoms with van der Waals surface area (Å²) in [5.41, 5.74) is 0.265. The molecule has 0 bridgehead atoms. The van der Waals surface area contributed by atoms with E-state index < -0.39 is 0 Å². The van der Waals surface area contributed by atoms with E-state index in [1.54, 1.807) is 0 Å². The van der Waals surface area contributed by atoms with Crippen molar-refractivity contribution >= 4 is 0 Å². The molecule has 0 radical (unpaired) electrons. The number of nitrogens with one attached hydrogen (secondary N) is 1. The Balaban J connectivity index is 2.64. The van der Waals surface area contributed by atoms with Crippen LogP contribution in [0, 0.1) is 5.92 Å². The highest BCUT2D eigenvalue weighted by molar-refractivity contribution is 4.97. The second kappa shape index (κ2) is 4.63. The van der Waals surface area contributed by atoms with E-state index in [4.69, 9.17) is 0 Å². The lowest BCUT2D eigenvalue weighted by Gasteiger charge is -2.47. The Bertz CT molecular complexity index is 171. The zero-order valence-corrected chi connectivity index (χ0v) is 10.4. The molecule has 0 spiro atoms. The zero-order valence-electron chi connectivity index (χ0n) is 10.4. The number of hydrogen-bond donors (Lipinski definition) is 1. The van der Waals surface area contributed by atoms with Crippen molar-refractivity contribution in [1.82, 2.24) is 10.2 Å². The molecule has 0 heterocycles. The predicted octanol–water partition coefficient (Wildman–Crippen LogP) is 2.10. The fraction of sp³-hybridized carbons (Fsp3) is 1.00. The van der Waals surface area contributed by atoms with Crippen LogP contribution in [0.25, 0.3) is 0 Å². The Labute approximate surface area is 89.1 Å². The van der Waals surface area contributed by atoms with E-state index >= 15 is 0 Å². The third-order valence-electron chi connectivity index (χ3n) is 3.96. The molecule has 0 aliphatic heterocycles. The van der Waals surface area contributed by atoms with E-state index in [2.05, 4.69) is 45.1 Å². The maximum absolute atomic E-state index is 3.66. The molecule has 1 aliphatic rings. The Morgan fingerprint density at radius 3 is 2.21 bits per heavy atom. The van der Waals surface area contributed by atoms with E-state index in [1.165, 1.54) is 19.3 Å². The van der Waals surface area contributed by atoms with Crippen molar-refractivity contribution in [1.29, 1.82) is 0 Å².